The molecule has 3 N–H and O–H groups in total. The maximum Gasteiger partial charge on any atom is 0.140 e. The number of benzene rings is 1. The summed E-state index contributed by atoms with van der Waals surface area (Å²) < 4.78 is 6.31. The van der Waals surface area contributed by atoms with Crippen molar-refractivity contribution < 1.29 is 4.74 Å². The average molecular weight is 266 g/mol. The van der Waals surface area contributed by atoms with Gasteiger partial charge in [0.2, 0.25) is 0 Å². The summed E-state index contributed by atoms with van der Waals surface area (Å²) in [7, 11) is 0. The standard InChI is InChI=1S/C17H18N2O/c18-8-6-11-2-1-3-12-10-13-4-5-15-14(7-9-19-15)17(13)20-16(11)12/h1,3-5,10,19H,2,6-9,18H2. The molecule has 3 heteroatoms. The first kappa shape index (κ1) is 11.8. The van der Waals surface area contributed by atoms with E-state index in [0.717, 1.165) is 37.3 Å². The summed E-state index contributed by atoms with van der Waals surface area (Å²) >= 11 is 0. The van der Waals surface area contributed by atoms with Crippen LogP contribution in [0.2, 0.25) is 0 Å². The van der Waals surface area contributed by atoms with Crippen LogP contribution in [0.1, 0.15) is 24.0 Å². The van der Waals surface area contributed by atoms with Crippen molar-refractivity contribution in [3.63, 3.8) is 0 Å². The first-order valence-electron chi connectivity index (χ1n) is 7.25. The van der Waals surface area contributed by atoms with E-state index < -0.39 is 0 Å². The molecule has 0 aromatic heterocycles. The molecule has 0 saturated heterocycles. The largest absolute Gasteiger partial charge is 0.456 e. The van der Waals surface area contributed by atoms with Crippen molar-refractivity contribution in [3.05, 3.63) is 52.3 Å². The minimum absolute atomic E-state index is 0.671. The van der Waals surface area contributed by atoms with Crippen molar-refractivity contribution in [1.82, 2.24) is 0 Å². The van der Waals surface area contributed by atoms with Crippen LogP contribution in [0.25, 0.3) is 6.08 Å². The molecule has 3 nitrogen and oxygen atoms in total. The van der Waals surface area contributed by atoms with E-state index in [-0.39, 0.29) is 0 Å². The Morgan fingerprint density at radius 1 is 1.30 bits per heavy atom. The van der Waals surface area contributed by atoms with Crippen LogP contribution in [0.15, 0.2) is 41.2 Å². The van der Waals surface area contributed by atoms with Gasteiger partial charge in [-0.05, 0) is 49.6 Å². The zero-order valence-corrected chi connectivity index (χ0v) is 11.4. The van der Waals surface area contributed by atoms with Gasteiger partial charge in [0.25, 0.3) is 0 Å². The Hall–Kier alpha value is -2.00. The Kier molecular flexibility index (Phi) is 2.67. The fraction of sp³-hybridized carbons (Fsp3) is 0.294. The molecule has 0 unspecified atom stereocenters. The second kappa shape index (κ2) is 4.53. The molecule has 4 rings (SSSR count). The SMILES string of the molecule is NCCC1=C2Oc3c(ccc4c3CCN4)C=C2C=CC1. The Morgan fingerprint density at radius 3 is 3.15 bits per heavy atom. The molecule has 3 aliphatic rings. The number of rotatable bonds is 2. The number of nitrogens with one attached hydrogen (secondary N) is 1. The van der Waals surface area contributed by atoms with Crippen molar-refractivity contribution in [3.8, 4) is 5.75 Å². The Labute approximate surface area is 118 Å². The molecule has 0 amide bonds. The van der Waals surface area contributed by atoms with Crippen LogP contribution in [-0.2, 0) is 6.42 Å². The number of allylic oxidation sites excluding steroid dienone is 2. The molecule has 1 aromatic carbocycles. The molecule has 0 atom stereocenters. The Morgan fingerprint density at radius 2 is 2.25 bits per heavy atom. The van der Waals surface area contributed by atoms with Crippen molar-refractivity contribution >= 4 is 11.8 Å². The fourth-order valence-corrected chi connectivity index (χ4v) is 3.22. The zero-order valence-electron chi connectivity index (χ0n) is 11.4. The molecule has 0 spiro atoms. The Bertz CT molecular complexity index is 668. The van der Waals surface area contributed by atoms with Gasteiger partial charge in [0.1, 0.15) is 11.5 Å². The first-order valence-corrected chi connectivity index (χ1v) is 7.25. The zero-order chi connectivity index (χ0) is 13.5. The predicted molar refractivity (Wildman–Crippen MR) is 81.7 cm³/mol. The molecule has 0 saturated carbocycles. The first-order chi connectivity index (χ1) is 9.86. The smallest absolute Gasteiger partial charge is 0.140 e. The molecule has 0 fully saturated rings. The van der Waals surface area contributed by atoms with Gasteiger partial charge in [-0.15, -0.1) is 0 Å². The van der Waals surface area contributed by atoms with Gasteiger partial charge in [0, 0.05) is 28.9 Å². The number of fused-ring (bicyclic) bond motifs is 4. The third-order valence-corrected chi connectivity index (χ3v) is 4.19. The van der Waals surface area contributed by atoms with E-state index in [9.17, 15) is 0 Å². The maximum atomic E-state index is 6.31. The van der Waals surface area contributed by atoms with Gasteiger partial charge in [-0.2, -0.15) is 0 Å². The number of hydrogen-bond donors (Lipinski definition) is 2. The number of ether oxygens (including phenoxy) is 1. The second-order valence-corrected chi connectivity index (χ2v) is 5.47. The van der Waals surface area contributed by atoms with Crippen LogP contribution in [0.5, 0.6) is 5.75 Å². The molecular weight excluding hydrogens is 248 g/mol. The lowest BCUT2D eigenvalue weighted by atomic mass is 9.92. The van der Waals surface area contributed by atoms with Crippen LogP contribution >= 0.6 is 0 Å². The lowest BCUT2D eigenvalue weighted by Crippen LogP contribution is -2.13. The van der Waals surface area contributed by atoms with E-state index in [4.69, 9.17) is 10.5 Å². The minimum Gasteiger partial charge on any atom is -0.456 e. The monoisotopic (exact) mass is 266 g/mol. The van der Waals surface area contributed by atoms with Gasteiger partial charge in [-0.3, -0.25) is 0 Å². The second-order valence-electron chi connectivity index (χ2n) is 5.47. The lowest BCUT2D eigenvalue weighted by molar-refractivity contribution is 0.418. The predicted octanol–water partition coefficient (Wildman–Crippen LogP) is 2.99. The van der Waals surface area contributed by atoms with Crippen molar-refractivity contribution in [1.29, 1.82) is 0 Å². The summed E-state index contributed by atoms with van der Waals surface area (Å²) in [5.74, 6) is 2.07. The van der Waals surface area contributed by atoms with Crippen molar-refractivity contribution in [2.45, 2.75) is 19.3 Å². The van der Waals surface area contributed by atoms with Crippen LogP contribution in [0, 0.1) is 0 Å². The maximum absolute atomic E-state index is 6.31. The van der Waals surface area contributed by atoms with Gasteiger partial charge in [0.05, 0.1) is 0 Å². The average Bonchev–Trinajstić information content (AvgIpc) is 2.95. The van der Waals surface area contributed by atoms with Gasteiger partial charge in [-0.1, -0.05) is 12.2 Å². The summed E-state index contributed by atoms with van der Waals surface area (Å²) in [5.41, 5.74) is 11.9. The van der Waals surface area contributed by atoms with E-state index in [1.54, 1.807) is 0 Å². The molecule has 0 bridgehead atoms. The summed E-state index contributed by atoms with van der Waals surface area (Å²) in [6.07, 6.45) is 9.48. The highest BCUT2D eigenvalue weighted by molar-refractivity contribution is 5.76. The molecule has 0 radical (unpaired) electrons. The van der Waals surface area contributed by atoms with Gasteiger partial charge in [-0.25, -0.2) is 0 Å². The van der Waals surface area contributed by atoms with Crippen LogP contribution in [0.3, 0.4) is 0 Å². The third kappa shape index (κ3) is 1.70. The van der Waals surface area contributed by atoms with E-state index in [1.807, 2.05) is 0 Å². The number of anilines is 1. The van der Waals surface area contributed by atoms with Crippen molar-refractivity contribution in [2.24, 2.45) is 5.73 Å². The highest BCUT2D eigenvalue weighted by atomic mass is 16.5. The summed E-state index contributed by atoms with van der Waals surface area (Å²) in [6.45, 7) is 1.67. The van der Waals surface area contributed by atoms with Gasteiger partial charge < -0.3 is 15.8 Å². The van der Waals surface area contributed by atoms with E-state index in [2.05, 4.69) is 35.7 Å². The molecular formula is C17H18N2O. The molecule has 2 aliphatic heterocycles. The lowest BCUT2D eigenvalue weighted by Gasteiger charge is -2.26. The molecule has 1 aromatic rings. The summed E-state index contributed by atoms with van der Waals surface area (Å²) in [5, 5.41) is 3.41. The van der Waals surface area contributed by atoms with Crippen molar-refractivity contribution in [2.75, 3.05) is 18.4 Å². The van der Waals surface area contributed by atoms with E-state index in [0.29, 0.717) is 6.54 Å². The topological polar surface area (TPSA) is 47.3 Å². The minimum atomic E-state index is 0.671. The van der Waals surface area contributed by atoms with Gasteiger partial charge in [0.15, 0.2) is 0 Å². The summed E-state index contributed by atoms with van der Waals surface area (Å²) in [6, 6.07) is 4.30. The van der Waals surface area contributed by atoms with E-state index >= 15 is 0 Å². The number of hydrogen-bond acceptors (Lipinski definition) is 3. The Balaban J connectivity index is 1.86. The fourth-order valence-electron chi connectivity index (χ4n) is 3.22. The highest BCUT2D eigenvalue weighted by Gasteiger charge is 2.26. The van der Waals surface area contributed by atoms with Crippen LogP contribution in [0.4, 0.5) is 5.69 Å². The normalized spacial score (nSPS) is 18.8. The van der Waals surface area contributed by atoms with E-state index in [1.165, 1.54) is 28.0 Å². The molecule has 2 heterocycles. The third-order valence-electron chi connectivity index (χ3n) is 4.19. The quantitative estimate of drug-likeness (QED) is 0.865. The summed E-state index contributed by atoms with van der Waals surface area (Å²) in [4.78, 5) is 0. The van der Waals surface area contributed by atoms with Crippen LogP contribution in [-0.4, -0.2) is 13.1 Å². The number of nitrogens with two attached hydrogens (primary N) is 1. The molecule has 1 aliphatic carbocycles. The van der Waals surface area contributed by atoms with Crippen LogP contribution < -0.4 is 15.8 Å². The highest BCUT2D eigenvalue weighted by Crippen LogP contribution is 2.42. The molecule has 20 heavy (non-hydrogen) atoms. The molecule has 102 valence electrons. The van der Waals surface area contributed by atoms with Gasteiger partial charge >= 0.3 is 0 Å².